The van der Waals surface area contributed by atoms with Gasteiger partial charge in [-0.3, -0.25) is 5.32 Å². The molecule has 0 amide bonds. The molecular formula is C13H17NO3. The molecule has 0 bridgehead atoms. The van der Waals surface area contributed by atoms with Crippen molar-refractivity contribution < 1.29 is 14.3 Å². The van der Waals surface area contributed by atoms with Crippen LogP contribution in [-0.4, -0.2) is 32.8 Å². The standard InChI is InChI=1S/C13H17NO3/c1-10-3-5-11(6-4-10)13(12(15)16-2)9-17-8-7-14-13/h3-6,14H,7-9H2,1-2H3. The molecule has 1 atom stereocenters. The van der Waals surface area contributed by atoms with Crippen LogP contribution in [0.3, 0.4) is 0 Å². The molecule has 1 heterocycles. The highest BCUT2D eigenvalue weighted by atomic mass is 16.5. The van der Waals surface area contributed by atoms with E-state index in [0.717, 1.165) is 11.1 Å². The first-order valence-electron chi connectivity index (χ1n) is 5.67. The predicted octanol–water partition coefficient (Wildman–Crippen LogP) is 0.983. The van der Waals surface area contributed by atoms with E-state index < -0.39 is 5.54 Å². The second-order valence-corrected chi connectivity index (χ2v) is 4.24. The quantitative estimate of drug-likeness (QED) is 0.776. The maximum Gasteiger partial charge on any atom is 0.333 e. The molecule has 4 heteroatoms. The van der Waals surface area contributed by atoms with Crippen LogP contribution in [0.5, 0.6) is 0 Å². The highest BCUT2D eigenvalue weighted by Gasteiger charge is 2.43. The number of ether oxygens (including phenoxy) is 2. The molecule has 1 aromatic rings. The Bertz CT molecular complexity index is 394. The van der Waals surface area contributed by atoms with E-state index in [2.05, 4.69) is 5.32 Å². The minimum atomic E-state index is -0.860. The van der Waals surface area contributed by atoms with Crippen molar-refractivity contribution in [1.82, 2.24) is 5.32 Å². The molecule has 0 aliphatic carbocycles. The maximum absolute atomic E-state index is 12.0. The van der Waals surface area contributed by atoms with Crippen LogP contribution in [0, 0.1) is 6.92 Å². The van der Waals surface area contributed by atoms with Crippen molar-refractivity contribution in [2.24, 2.45) is 0 Å². The number of rotatable bonds is 2. The number of esters is 1. The highest BCUT2D eigenvalue weighted by Crippen LogP contribution is 2.25. The number of morpholine rings is 1. The smallest absolute Gasteiger partial charge is 0.333 e. The first-order valence-corrected chi connectivity index (χ1v) is 5.67. The van der Waals surface area contributed by atoms with Crippen molar-refractivity contribution in [3.8, 4) is 0 Å². The summed E-state index contributed by atoms with van der Waals surface area (Å²) in [6.45, 7) is 3.58. The van der Waals surface area contributed by atoms with Crippen LogP contribution in [0.2, 0.25) is 0 Å². The Hall–Kier alpha value is -1.39. The molecule has 1 aliphatic rings. The molecule has 0 saturated carbocycles. The van der Waals surface area contributed by atoms with Crippen molar-refractivity contribution in [2.45, 2.75) is 12.5 Å². The molecule has 0 aromatic heterocycles. The Kier molecular flexibility index (Phi) is 3.45. The van der Waals surface area contributed by atoms with E-state index in [1.807, 2.05) is 31.2 Å². The number of nitrogens with one attached hydrogen (secondary N) is 1. The van der Waals surface area contributed by atoms with E-state index in [1.165, 1.54) is 7.11 Å². The largest absolute Gasteiger partial charge is 0.467 e. The topological polar surface area (TPSA) is 47.6 Å². The molecule has 1 saturated heterocycles. The summed E-state index contributed by atoms with van der Waals surface area (Å²) < 4.78 is 10.3. The third-order valence-corrected chi connectivity index (χ3v) is 3.07. The number of hydrogen-bond donors (Lipinski definition) is 1. The number of methoxy groups -OCH3 is 1. The van der Waals surface area contributed by atoms with Crippen molar-refractivity contribution in [2.75, 3.05) is 26.9 Å². The van der Waals surface area contributed by atoms with Crippen LogP contribution in [0.1, 0.15) is 11.1 Å². The van der Waals surface area contributed by atoms with Gasteiger partial charge in [0, 0.05) is 6.54 Å². The summed E-state index contributed by atoms with van der Waals surface area (Å²) in [6.07, 6.45) is 0. The lowest BCUT2D eigenvalue weighted by Crippen LogP contribution is -2.57. The Morgan fingerprint density at radius 2 is 2.12 bits per heavy atom. The average Bonchev–Trinajstić information content (AvgIpc) is 2.39. The first kappa shape index (κ1) is 12.1. The zero-order valence-electron chi connectivity index (χ0n) is 10.2. The fourth-order valence-corrected chi connectivity index (χ4v) is 2.06. The SMILES string of the molecule is COC(=O)C1(c2ccc(C)cc2)COCCN1. The van der Waals surface area contributed by atoms with Crippen molar-refractivity contribution >= 4 is 5.97 Å². The van der Waals surface area contributed by atoms with Gasteiger partial charge in [0.15, 0.2) is 5.54 Å². The minimum absolute atomic E-state index is 0.305. The third-order valence-electron chi connectivity index (χ3n) is 3.07. The summed E-state index contributed by atoms with van der Waals surface area (Å²) in [4.78, 5) is 12.0. The van der Waals surface area contributed by atoms with Crippen LogP contribution in [0.4, 0.5) is 0 Å². The summed E-state index contributed by atoms with van der Waals surface area (Å²) in [5.41, 5.74) is 1.18. The fraction of sp³-hybridized carbons (Fsp3) is 0.462. The van der Waals surface area contributed by atoms with Crippen molar-refractivity contribution in [1.29, 1.82) is 0 Å². The summed E-state index contributed by atoms with van der Waals surface area (Å²) in [6, 6.07) is 7.84. The van der Waals surface area contributed by atoms with Gasteiger partial charge in [-0.1, -0.05) is 29.8 Å². The summed E-state index contributed by atoms with van der Waals surface area (Å²) in [5.74, 6) is -0.305. The van der Waals surface area contributed by atoms with Crippen LogP contribution >= 0.6 is 0 Å². The predicted molar refractivity (Wildman–Crippen MR) is 63.7 cm³/mol. The monoisotopic (exact) mass is 235 g/mol. The number of aryl methyl sites for hydroxylation is 1. The lowest BCUT2D eigenvalue weighted by molar-refractivity contribution is -0.154. The molecule has 17 heavy (non-hydrogen) atoms. The third kappa shape index (κ3) is 2.18. The lowest BCUT2D eigenvalue weighted by Gasteiger charge is -2.35. The number of carbonyl (C=O) groups excluding carboxylic acids is 1. The summed E-state index contributed by atoms with van der Waals surface area (Å²) in [7, 11) is 1.40. The van der Waals surface area contributed by atoms with Crippen LogP contribution in [-0.2, 0) is 19.8 Å². The van der Waals surface area contributed by atoms with Gasteiger partial charge < -0.3 is 9.47 Å². The zero-order valence-corrected chi connectivity index (χ0v) is 10.2. The molecule has 0 spiro atoms. The molecule has 1 unspecified atom stereocenters. The Balaban J connectivity index is 2.38. The van der Waals surface area contributed by atoms with Gasteiger partial charge in [-0.05, 0) is 12.5 Å². The van der Waals surface area contributed by atoms with E-state index in [9.17, 15) is 4.79 Å². The normalized spacial score (nSPS) is 24.4. The van der Waals surface area contributed by atoms with Crippen LogP contribution in [0.15, 0.2) is 24.3 Å². The van der Waals surface area contributed by atoms with E-state index in [-0.39, 0.29) is 5.97 Å². The molecule has 92 valence electrons. The van der Waals surface area contributed by atoms with Gasteiger partial charge in [0.1, 0.15) is 0 Å². The van der Waals surface area contributed by atoms with E-state index in [4.69, 9.17) is 9.47 Å². The molecule has 1 N–H and O–H groups in total. The fourth-order valence-electron chi connectivity index (χ4n) is 2.06. The molecule has 1 aliphatic heterocycles. The van der Waals surface area contributed by atoms with Gasteiger partial charge in [-0.25, -0.2) is 4.79 Å². The molecule has 4 nitrogen and oxygen atoms in total. The molecule has 1 fully saturated rings. The van der Waals surface area contributed by atoms with Gasteiger partial charge in [0.05, 0.1) is 20.3 Å². The van der Waals surface area contributed by atoms with Crippen molar-refractivity contribution in [3.05, 3.63) is 35.4 Å². The van der Waals surface area contributed by atoms with Gasteiger partial charge in [-0.15, -0.1) is 0 Å². The molecule has 2 rings (SSSR count). The molecular weight excluding hydrogens is 218 g/mol. The van der Waals surface area contributed by atoms with Crippen LogP contribution in [0.25, 0.3) is 0 Å². The minimum Gasteiger partial charge on any atom is -0.467 e. The van der Waals surface area contributed by atoms with E-state index >= 15 is 0 Å². The maximum atomic E-state index is 12.0. The highest BCUT2D eigenvalue weighted by molar-refractivity contribution is 5.83. The number of benzene rings is 1. The number of hydrogen-bond acceptors (Lipinski definition) is 4. The van der Waals surface area contributed by atoms with Crippen LogP contribution < -0.4 is 5.32 Å². The van der Waals surface area contributed by atoms with E-state index in [0.29, 0.717) is 19.8 Å². The van der Waals surface area contributed by atoms with Gasteiger partial charge in [-0.2, -0.15) is 0 Å². The summed E-state index contributed by atoms with van der Waals surface area (Å²) >= 11 is 0. The Morgan fingerprint density at radius 1 is 1.41 bits per heavy atom. The van der Waals surface area contributed by atoms with Gasteiger partial charge in [0.2, 0.25) is 0 Å². The first-order chi connectivity index (χ1) is 8.19. The zero-order chi connectivity index (χ0) is 12.3. The second kappa shape index (κ2) is 4.85. The molecule has 0 radical (unpaired) electrons. The van der Waals surface area contributed by atoms with Gasteiger partial charge >= 0.3 is 5.97 Å². The summed E-state index contributed by atoms with van der Waals surface area (Å²) in [5, 5.41) is 3.22. The van der Waals surface area contributed by atoms with Crippen molar-refractivity contribution in [3.63, 3.8) is 0 Å². The average molecular weight is 235 g/mol. The Morgan fingerprint density at radius 3 is 2.65 bits per heavy atom. The van der Waals surface area contributed by atoms with E-state index in [1.54, 1.807) is 0 Å². The van der Waals surface area contributed by atoms with Gasteiger partial charge in [0.25, 0.3) is 0 Å². The number of carbonyl (C=O) groups is 1. The molecule has 1 aromatic carbocycles. The Labute approximate surface area is 101 Å². The lowest BCUT2D eigenvalue weighted by atomic mass is 9.89. The second-order valence-electron chi connectivity index (χ2n) is 4.24.